The van der Waals surface area contributed by atoms with E-state index in [1.807, 2.05) is 0 Å². The number of aromatic nitrogens is 3. The molecule has 0 spiro atoms. The number of alkyl halides is 3. The Labute approximate surface area is 201 Å². The van der Waals surface area contributed by atoms with Crippen molar-refractivity contribution in [2.75, 3.05) is 6.26 Å². The van der Waals surface area contributed by atoms with Crippen LogP contribution in [0.5, 0.6) is 0 Å². The van der Waals surface area contributed by atoms with Crippen LogP contribution in [-0.4, -0.2) is 29.4 Å². The molecule has 0 aliphatic rings. The highest BCUT2D eigenvalue weighted by molar-refractivity contribution is 7.90. The van der Waals surface area contributed by atoms with Crippen LogP contribution in [0.25, 0.3) is 27.4 Å². The van der Waals surface area contributed by atoms with E-state index >= 15 is 0 Å². The summed E-state index contributed by atoms with van der Waals surface area (Å²) in [5, 5.41) is 5.94. The highest BCUT2D eigenvalue weighted by Crippen LogP contribution is 2.39. The fraction of sp³-hybridized carbons (Fsp3) is 0.143. The Balaban J connectivity index is 1.84. The topological polar surface area (TPSA) is 64.8 Å². The number of rotatable bonds is 4. The van der Waals surface area contributed by atoms with Gasteiger partial charge in [-0.05, 0) is 59.8 Å². The molecule has 4 rings (SSSR count). The Morgan fingerprint density at radius 1 is 1.06 bits per heavy atom. The van der Waals surface area contributed by atoms with E-state index in [0.717, 1.165) is 17.0 Å². The molecule has 3 heterocycles. The third kappa shape index (κ3) is 4.79. The Hall–Kier alpha value is -2.40. The van der Waals surface area contributed by atoms with Crippen molar-refractivity contribution in [3.63, 3.8) is 0 Å². The highest BCUT2D eigenvalue weighted by Gasteiger charge is 2.35. The van der Waals surface area contributed by atoms with E-state index in [9.17, 15) is 21.6 Å². The lowest BCUT2D eigenvalue weighted by atomic mass is 10.1. The van der Waals surface area contributed by atoms with Gasteiger partial charge in [-0.1, -0.05) is 23.2 Å². The quantitative estimate of drug-likeness (QED) is 0.294. The number of hydrogen-bond donors (Lipinski definition) is 0. The minimum Gasteiger partial charge on any atom is -0.244 e. The number of sulfone groups is 1. The molecule has 0 aliphatic heterocycles. The average molecular weight is 532 g/mol. The molecule has 0 unspecified atom stereocenters. The molecule has 0 N–H and O–H groups in total. The van der Waals surface area contributed by atoms with Crippen molar-refractivity contribution in [1.29, 1.82) is 0 Å². The second kappa shape index (κ2) is 8.43. The van der Waals surface area contributed by atoms with E-state index in [0.29, 0.717) is 26.6 Å². The van der Waals surface area contributed by atoms with Gasteiger partial charge in [0.1, 0.15) is 0 Å². The molecular weight excluding hydrogens is 518 g/mol. The van der Waals surface area contributed by atoms with Crippen LogP contribution >= 0.6 is 34.5 Å². The maximum absolute atomic E-state index is 13.5. The smallest absolute Gasteiger partial charge is 0.244 e. The van der Waals surface area contributed by atoms with E-state index in [1.54, 1.807) is 24.4 Å². The van der Waals surface area contributed by atoms with Crippen LogP contribution in [0.1, 0.15) is 11.3 Å². The predicted molar refractivity (Wildman–Crippen MR) is 123 cm³/mol. The normalized spacial score (nSPS) is 12.3. The zero-order valence-corrected chi connectivity index (χ0v) is 20.1. The summed E-state index contributed by atoms with van der Waals surface area (Å²) in [6.45, 7) is 1.63. The average Bonchev–Trinajstić information content (AvgIpc) is 3.35. The molecule has 172 valence electrons. The molecule has 3 aromatic heterocycles. The van der Waals surface area contributed by atoms with Gasteiger partial charge in [0, 0.05) is 23.0 Å². The lowest BCUT2D eigenvalue weighted by Gasteiger charge is -2.09. The number of thiophene rings is 1. The van der Waals surface area contributed by atoms with Crippen LogP contribution < -0.4 is 0 Å². The maximum atomic E-state index is 13.5. The summed E-state index contributed by atoms with van der Waals surface area (Å²) in [6.07, 6.45) is -2.17. The molecule has 0 saturated carbocycles. The van der Waals surface area contributed by atoms with Crippen LogP contribution in [0, 0.1) is 6.92 Å². The third-order valence-corrected chi connectivity index (χ3v) is 7.34. The van der Waals surface area contributed by atoms with Crippen molar-refractivity contribution in [2.24, 2.45) is 0 Å². The third-order valence-electron chi connectivity index (χ3n) is 4.70. The van der Waals surface area contributed by atoms with E-state index in [-0.39, 0.29) is 21.4 Å². The molecule has 0 atom stereocenters. The summed E-state index contributed by atoms with van der Waals surface area (Å²) >= 11 is 13.5. The number of benzene rings is 1. The van der Waals surface area contributed by atoms with Crippen LogP contribution in [0.2, 0.25) is 10.0 Å². The summed E-state index contributed by atoms with van der Waals surface area (Å²) in [6, 6.07) is 8.75. The highest BCUT2D eigenvalue weighted by atomic mass is 35.5. The van der Waals surface area contributed by atoms with Crippen molar-refractivity contribution in [3.05, 3.63) is 69.3 Å². The Morgan fingerprint density at radius 3 is 2.42 bits per heavy atom. The molecule has 0 bridgehead atoms. The molecule has 5 nitrogen and oxygen atoms in total. The maximum Gasteiger partial charge on any atom is 0.435 e. The zero-order valence-electron chi connectivity index (χ0n) is 17.0. The van der Waals surface area contributed by atoms with Gasteiger partial charge in [0.05, 0.1) is 21.3 Å². The van der Waals surface area contributed by atoms with Gasteiger partial charge in [-0.3, -0.25) is 0 Å². The zero-order chi connectivity index (χ0) is 24.1. The van der Waals surface area contributed by atoms with E-state index in [4.69, 9.17) is 23.2 Å². The number of nitrogens with zero attached hydrogens (tertiary/aromatic N) is 3. The van der Waals surface area contributed by atoms with Gasteiger partial charge in [0.2, 0.25) is 0 Å². The number of hydrogen-bond acceptors (Lipinski definition) is 5. The lowest BCUT2D eigenvalue weighted by molar-refractivity contribution is -0.141. The number of aryl methyl sites for hydroxylation is 1. The minimum atomic E-state index is -4.66. The second-order valence-corrected chi connectivity index (χ2v) is 10.9. The van der Waals surface area contributed by atoms with Crippen LogP contribution in [0.4, 0.5) is 13.2 Å². The van der Waals surface area contributed by atoms with Crippen LogP contribution in [-0.2, 0) is 16.0 Å². The predicted octanol–water partition coefficient (Wildman–Crippen LogP) is 6.70. The van der Waals surface area contributed by atoms with Gasteiger partial charge in [0.15, 0.2) is 20.6 Å². The standard InChI is InChI=1S/C21H14Cl2F3N3O2S2/c1-11-5-12(9-27-20(11)33(2,30)31)13-6-18(32-10-13)17-8-19(21(24,25)26)28-29(17)16-7-14(22)3-4-15(16)23/h3-10H,1-2H3. The monoisotopic (exact) mass is 531 g/mol. The molecule has 33 heavy (non-hydrogen) atoms. The summed E-state index contributed by atoms with van der Waals surface area (Å²) in [7, 11) is -3.48. The van der Waals surface area contributed by atoms with Crippen molar-refractivity contribution in [1.82, 2.24) is 14.8 Å². The van der Waals surface area contributed by atoms with E-state index < -0.39 is 21.7 Å². The van der Waals surface area contributed by atoms with Gasteiger partial charge in [0.25, 0.3) is 0 Å². The molecule has 0 radical (unpaired) electrons. The first-order valence-corrected chi connectivity index (χ1v) is 12.8. The molecule has 12 heteroatoms. The molecule has 1 aromatic carbocycles. The number of halogens is 5. The molecule has 0 aliphatic carbocycles. The van der Waals surface area contributed by atoms with E-state index in [1.165, 1.54) is 35.7 Å². The fourth-order valence-electron chi connectivity index (χ4n) is 3.26. The first kappa shape index (κ1) is 23.7. The Bertz CT molecular complexity index is 1480. The fourth-order valence-corrected chi connectivity index (χ4v) is 5.43. The summed E-state index contributed by atoms with van der Waals surface area (Å²) in [5.74, 6) is 0. The van der Waals surface area contributed by atoms with Gasteiger partial charge < -0.3 is 0 Å². The second-order valence-electron chi connectivity index (χ2n) is 7.24. The van der Waals surface area contributed by atoms with Crippen molar-refractivity contribution in [3.8, 4) is 27.4 Å². The molecule has 0 amide bonds. The Morgan fingerprint density at radius 2 is 1.79 bits per heavy atom. The van der Waals surface area contributed by atoms with E-state index in [2.05, 4.69) is 10.1 Å². The first-order valence-electron chi connectivity index (χ1n) is 9.23. The molecule has 0 saturated heterocycles. The summed E-state index contributed by atoms with van der Waals surface area (Å²) in [4.78, 5) is 4.54. The summed E-state index contributed by atoms with van der Waals surface area (Å²) in [5.41, 5.74) is 1.09. The largest absolute Gasteiger partial charge is 0.435 e. The molecular formula is C21H14Cl2F3N3O2S2. The van der Waals surface area contributed by atoms with Crippen molar-refractivity contribution < 1.29 is 21.6 Å². The van der Waals surface area contributed by atoms with Gasteiger partial charge in [-0.25, -0.2) is 18.1 Å². The van der Waals surface area contributed by atoms with Crippen molar-refractivity contribution >= 4 is 44.4 Å². The van der Waals surface area contributed by atoms with Crippen molar-refractivity contribution in [2.45, 2.75) is 18.1 Å². The lowest BCUT2D eigenvalue weighted by Crippen LogP contribution is -2.07. The van der Waals surface area contributed by atoms with Gasteiger partial charge in [-0.15, -0.1) is 11.3 Å². The Kier molecular flexibility index (Phi) is 6.06. The summed E-state index contributed by atoms with van der Waals surface area (Å²) < 4.78 is 65.1. The molecule has 0 fully saturated rings. The SMILES string of the molecule is Cc1cc(-c2csc(-c3cc(C(F)(F)F)nn3-c3cc(Cl)ccc3Cl)c2)cnc1S(C)(=O)=O. The van der Waals surface area contributed by atoms with Gasteiger partial charge in [-0.2, -0.15) is 18.3 Å². The first-order chi connectivity index (χ1) is 15.3. The van der Waals surface area contributed by atoms with Crippen LogP contribution in [0.15, 0.2) is 53.0 Å². The van der Waals surface area contributed by atoms with Gasteiger partial charge >= 0.3 is 6.18 Å². The minimum absolute atomic E-state index is 0.0230. The molecule has 4 aromatic rings. The van der Waals surface area contributed by atoms with Crippen LogP contribution in [0.3, 0.4) is 0 Å². The number of pyridine rings is 1.